The third kappa shape index (κ3) is 4.47. The van der Waals surface area contributed by atoms with Crippen LogP contribution >= 0.6 is 23.4 Å². The molecule has 0 radical (unpaired) electrons. The summed E-state index contributed by atoms with van der Waals surface area (Å²) in [7, 11) is 0. The van der Waals surface area contributed by atoms with Crippen LogP contribution in [0, 0.1) is 13.8 Å². The van der Waals surface area contributed by atoms with Crippen LogP contribution in [-0.4, -0.2) is 15.6 Å². The summed E-state index contributed by atoms with van der Waals surface area (Å²) in [5.41, 5.74) is 6.45. The summed E-state index contributed by atoms with van der Waals surface area (Å²) in [4.78, 5) is 17.9. The number of amidine groups is 1. The molecule has 1 aliphatic rings. The van der Waals surface area contributed by atoms with Crippen molar-refractivity contribution in [2.45, 2.75) is 20.4 Å². The number of thioether (sulfide) groups is 1. The van der Waals surface area contributed by atoms with Crippen LogP contribution in [0.15, 0.2) is 82.7 Å². The third-order valence-electron chi connectivity index (χ3n) is 5.72. The van der Waals surface area contributed by atoms with E-state index >= 15 is 0 Å². The van der Waals surface area contributed by atoms with Gasteiger partial charge in [0.15, 0.2) is 5.17 Å². The van der Waals surface area contributed by atoms with E-state index in [0.717, 1.165) is 39.4 Å². The fourth-order valence-corrected chi connectivity index (χ4v) is 4.91. The molecule has 0 saturated carbocycles. The number of fused-ring (bicyclic) bond motifs is 1. The number of carbonyl (C=O) groups is 1. The molecule has 164 valence electrons. The predicted molar refractivity (Wildman–Crippen MR) is 139 cm³/mol. The lowest BCUT2D eigenvalue weighted by Crippen LogP contribution is -2.19. The number of hydrogen-bond donors (Lipinski definition) is 1. The summed E-state index contributed by atoms with van der Waals surface area (Å²) in [5.74, 6) is -0.125. The zero-order valence-electron chi connectivity index (χ0n) is 18.3. The maximum atomic E-state index is 12.7. The molecule has 6 heteroatoms. The average Bonchev–Trinajstić information content (AvgIpc) is 3.29. The van der Waals surface area contributed by atoms with Crippen LogP contribution in [0.2, 0.25) is 5.02 Å². The Morgan fingerprint density at radius 1 is 1.00 bits per heavy atom. The Hall–Kier alpha value is -3.28. The fourth-order valence-electron chi connectivity index (χ4n) is 3.96. The number of aromatic nitrogens is 1. The van der Waals surface area contributed by atoms with Gasteiger partial charge >= 0.3 is 0 Å². The molecule has 1 amide bonds. The number of rotatable bonds is 4. The first-order valence-corrected chi connectivity index (χ1v) is 11.9. The molecule has 4 nitrogen and oxygen atoms in total. The quantitative estimate of drug-likeness (QED) is 0.331. The lowest BCUT2D eigenvalue weighted by molar-refractivity contribution is -0.115. The van der Waals surface area contributed by atoms with E-state index in [4.69, 9.17) is 11.6 Å². The highest BCUT2D eigenvalue weighted by Gasteiger charge is 2.25. The van der Waals surface area contributed by atoms with Crippen molar-refractivity contribution in [1.29, 1.82) is 0 Å². The smallest absolute Gasteiger partial charge is 0.264 e. The van der Waals surface area contributed by atoms with Crippen molar-refractivity contribution < 1.29 is 4.79 Å². The molecule has 4 aromatic rings. The van der Waals surface area contributed by atoms with Gasteiger partial charge < -0.3 is 9.88 Å². The van der Waals surface area contributed by atoms with Gasteiger partial charge in [0.1, 0.15) is 0 Å². The molecule has 5 rings (SSSR count). The second-order valence-electron chi connectivity index (χ2n) is 8.05. The van der Waals surface area contributed by atoms with E-state index in [2.05, 4.69) is 33.9 Å². The van der Waals surface area contributed by atoms with Crippen molar-refractivity contribution in [3.8, 4) is 0 Å². The topological polar surface area (TPSA) is 46.4 Å². The Balaban J connectivity index is 1.51. The van der Waals surface area contributed by atoms with Gasteiger partial charge in [-0.2, -0.15) is 0 Å². The van der Waals surface area contributed by atoms with Crippen LogP contribution in [0.5, 0.6) is 0 Å². The third-order valence-corrected chi connectivity index (χ3v) is 6.89. The minimum atomic E-state index is -0.125. The number of hydrogen-bond acceptors (Lipinski definition) is 3. The first-order chi connectivity index (χ1) is 16.0. The molecule has 0 aliphatic carbocycles. The number of benzene rings is 3. The number of nitrogens with zero attached hydrogens (tertiary/aromatic N) is 2. The van der Waals surface area contributed by atoms with Crippen LogP contribution < -0.4 is 5.32 Å². The molecule has 1 aliphatic heterocycles. The molecule has 1 fully saturated rings. The van der Waals surface area contributed by atoms with E-state index in [1.165, 1.54) is 22.9 Å². The van der Waals surface area contributed by atoms with Gasteiger partial charge in [-0.3, -0.25) is 4.79 Å². The standard InChI is InChI=1S/C27H22ClN3OS/c1-17-7-13-21(14-8-17)29-27-30-26(32)25(33-27)15-23-18(2)31(24-6-4-3-5-22(23)24)16-19-9-11-20(28)12-10-19/h3-15H,16H2,1-2H3,(H,29,30,32)/b25-15-. The maximum Gasteiger partial charge on any atom is 0.264 e. The van der Waals surface area contributed by atoms with Gasteiger partial charge in [0, 0.05) is 33.7 Å². The first-order valence-electron chi connectivity index (χ1n) is 10.7. The molecular weight excluding hydrogens is 450 g/mol. The molecule has 0 atom stereocenters. The minimum Gasteiger partial charge on any atom is -0.340 e. The second kappa shape index (κ2) is 8.93. The number of amides is 1. The van der Waals surface area contributed by atoms with Gasteiger partial charge in [-0.1, -0.05) is 59.6 Å². The SMILES string of the molecule is Cc1ccc(N=C2NC(=O)/C(=C/c3c(C)n(Cc4ccc(Cl)cc4)c4ccccc34)S2)cc1. The highest BCUT2D eigenvalue weighted by atomic mass is 35.5. The van der Waals surface area contributed by atoms with E-state index < -0.39 is 0 Å². The first kappa shape index (κ1) is 21.6. The van der Waals surface area contributed by atoms with Crippen LogP contribution in [0.4, 0.5) is 5.69 Å². The fraction of sp³-hybridized carbons (Fsp3) is 0.111. The van der Waals surface area contributed by atoms with Gasteiger partial charge in [-0.15, -0.1) is 0 Å². The van der Waals surface area contributed by atoms with Crippen LogP contribution in [-0.2, 0) is 11.3 Å². The average molecular weight is 472 g/mol. The summed E-state index contributed by atoms with van der Waals surface area (Å²) in [6, 6.07) is 24.1. The van der Waals surface area contributed by atoms with Crippen molar-refractivity contribution >= 4 is 57.1 Å². The summed E-state index contributed by atoms with van der Waals surface area (Å²) in [6.45, 7) is 4.86. The molecule has 3 aromatic carbocycles. The van der Waals surface area contributed by atoms with Crippen molar-refractivity contribution in [3.05, 3.63) is 105 Å². The molecule has 1 N–H and O–H groups in total. The summed E-state index contributed by atoms with van der Waals surface area (Å²) in [5, 5.41) is 5.33. The Bertz CT molecular complexity index is 1420. The van der Waals surface area contributed by atoms with Gasteiger partial charge in [0.05, 0.1) is 10.6 Å². The van der Waals surface area contributed by atoms with E-state index in [1.807, 2.05) is 73.7 Å². The highest BCUT2D eigenvalue weighted by molar-refractivity contribution is 8.18. The largest absolute Gasteiger partial charge is 0.340 e. The summed E-state index contributed by atoms with van der Waals surface area (Å²) >= 11 is 7.43. The highest BCUT2D eigenvalue weighted by Crippen LogP contribution is 2.33. The monoisotopic (exact) mass is 471 g/mol. The minimum absolute atomic E-state index is 0.125. The van der Waals surface area contributed by atoms with Gasteiger partial charge in [-0.05, 0) is 67.6 Å². The Morgan fingerprint density at radius 2 is 1.73 bits per heavy atom. The maximum absolute atomic E-state index is 12.7. The van der Waals surface area contributed by atoms with E-state index in [0.29, 0.717) is 10.1 Å². The lowest BCUT2D eigenvalue weighted by atomic mass is 10.1. The van der Waals surface area contributed by atoms with Crippen LogP contribution in [0.1, 0.15) is 22.4 Å². The Morgan fingerprint density at radius 3 is 2.48 bits per heavy atom. The predicted octanol–water partition coefficient (Wildman–Crippen LogP) is 6.85. The Labute approximate surface area is 202 Å². The number of para-hydroxylation sites is 1. The number of aliphatic imine (C=N–C) groups is 1. The molecule has 2 heterocycles. The van der Waals surface area contributed by atoms with Crippen molar-refractivity contribution in [3.63, 3.8) is 0 Å². The Kier molecular flexibility index (Phi) is 5.83. The zero-order chi connectivity index (χ0) is 22.9. The number of aryl methyl sites for hydroxylation is 1. The van der Waals surface area contributed by atoms with Crippen molar-refractivity contribution in [2.75, 3.05) is 0 Å². The van der Waals surface area contributed by atoms with Gasteiger partial charge in [0.2, 0.25) is 0 Å². The molecule has 0 bridgehead atoms. The van der Waals surface area contributed by atoms with Crippen molar-refractivity contribution in [2.24, 2.45) is 4.99 Å². The summed E-state index contributed by atoms with van der Waals surface area (Å²) < 4.78 is 2.28. The normalized spacial score (nSPS) is 16.2. The molecular formula is C27H22ClN3OS. The van der Waals surface area contributed by atoms with E-state index in [9.17, 15) is 4.79 Å². The molecule has 1 aromatic heterocycles. The molecule has 0 spiro atoms. The number of carbonyl (C=O) groups excluding carboxylic acids is 1. The van der Waals surface area contributed by atoms with Crippen molar-refractivity contribution in [1.82, 2.24) is 9.88 Å². The molecule has 1 saturated heterocycles. The van der Waals surface area contributed by atoms with E-state index in [-0.39, 0.29) is 5.91 Å². The number of nitrogens with one attached hydrogen (secondary N) is 1. The van der Waals surface area contributed by atoms with Gasteiger partial charge in [0.25, 0.3) is 5.91 Å². The molecule has 33 heavy (non-hydrogen) atoms. The van der Waals surface area contributed by atoms with Crippen LogP contribution in [0.25, 0.3) is 17.0 Å². The number of halogens is 1. The molecule has 0 unspecified atom stereocenters. The van der Waals surface area contributed by atoms with E-state index in [1.54, 1.807) is 0 Å². The lowest BCUT2D eigenvalue weighted by Gasteiger charge is -2.09. The van der Waals surface area contributed by atoms with Crippen LogP contribution in [0.3, 0.4) is 0 Å². The zero-order valence-corrected chi connectivity index (χ0v) is 19.9. The second-order valence-corrected chi connectivity index (χ2v) is 9.51. The summed E-state index contributed by atoms with van der Waals surface area (Å²) in [6.07, 6.45) is 1.98. The van der Waals surface area contributed by atoms with Gasteiger partial charge in [-0.25, -0.2) is 4.99 Å².